The number of benzene rings is 2. The molecule has 0 aromatic heterocycles. The van der Waals surface area contributed by atoms with Crippen molar-refractivity contribution in [2.24, 2.45) is 0 Å². The molecule has 25 heavy (non-hydrogen) atoms. The molecule has 0 aliphatic carbocycles. The molecule has 129 valence electrons. The van der Waals surface area contributed by atoms with Crippen LogP contribution in [0.3, 0.4) is 0 Å². The van der Waals surface area contributed by atoms with E-state index in [0.717, 1.165) is 9.52 Å². The zero-order valence-electron chi connectivity index (χ0n) is 15.8. The molecule has 0 aliphatic rings. The predicted molar refractivity (Wildman–Crippen MR) is 114 cm³/mol. The Labute approximate surface area is 170 Å². The van der Waals surface area contributed by atoms with Gasteiger partial charge in [0.1, 0.15) is 0 Å². The Bertz CT molecular complexity index is 754. The summed E-state index contributed by atoms with van der Waals surface area (Å²) in [5.41, 5.74) is 3.95. The van der Waals surface area contributed by atoms with Crippen LogP contribution in [0.4, 0.5) is 0 Å². The van der Waals surface area contributed by atoms with Crippen molar-refractivity contribution >= 4 is 20.3 Å². The van der Waals surface area contributed by atoms with Gasteiger partial charge in [-0.15, -0.1) is 34.5 Å². The van der Waals surface area contributed by atoms with Crippen LogP contribution in [0, 0.1) is 6.92 Å². The minimum absolute atomic E-state index is 0. The minimum Gasteiger partial charge on any atom is -0.165 e. The average molecular weight is 380 g/mol. The smallest absolute Gasteiger partial charge is 0.0213 e. The molecule has 0 nitrogen and oxygen atoms in total. The first-order valence-electron chi connectivity index (χ1n) is 8.37. The Morgan fingerprint density at radius 2 is 1.64 bits per heavy atom. The molecule has 0 fully saturated rings. The zero-order chi connectivity index (χ0) is 17.8. The third-order valence-electron chi connectivity index (χ3n) is 3.31. The first kappa shape index (κ1) is 23.5. The SMILES string of the molecule is C=CC=CC.C[SiH]C.Cc1cc2c(-c3ccccc3)cccc2[cH-]1.[Ti]. The molecule has 1 radical (unpaired) electrons. The monoisotopic (exact) mass is 380 g/mol. The van der Waals surface area contributed by atoms with E-state index in [-0.39, 0.29) is 21.7 Å². The van der Waals surface area contributed by atoms with Gasteiger partial charge in [-0.05, 0) is 12.5 Å². The van der Waals surface area contributed by atoms with E-state index in [1.807, 2.05) is 19.1 Å². The van der Waals surface area contributed by atoms with Crippen molar-refractivity contribution in [1.82, 2.24) is 0 Å². The average Bonchev–Trinajstić information content (AvgIpc) is 2.98. The van der Waals surface area contributed by atoms with E-state index in [2.05, 4.69) is 87.3 Å². The molecule has 0 bridgehead atoms. The van der Waals surface area contributed by atoms with Crippen LogP contribution in [-0.4, -0.2) is 9.52 Å². The van der Waals surface area contributed by atoms with Gasteiger partial charge in [0.15, 0.2) is 0 Å². The van der Waals surface area contributed by atoms with E-state index in [1.54, 1.807) is 6.08 Å². The van der Waals surface area contributed by atoms with Crippen molar-refractivity contribution in [3.8, 4) is 11.1 Å². The van der Waals surface area contributed by atoms with E-state index >= 15 is 0 Å². The van der Waals surface area contributed by atoms with E-state index < -0.39 is 0 Å². The maximum absolute atomic E-state index is 3.46. The van der Waals surface area contributed by atoms with Crippen LogP contribution in [-0.2, 0) is 21.7 Å². The number of hydrogen-bond donors (Lipinski definition) is 0. The first-order valence-corrected chi connectivity index (χ1v) is 10.7. The molecule has 0 atom stereocenters. The fraction of sp³-hybridized carbons (Fsp3) is 0.174. The standard InChI is InChI=1S/C16H13.C5H8.C2H7Si.Ti/c1-12-10-14-8-5-9-15(16(14)11-12)13-6-3-2-4-7-13;1-3-5-4-2;1-3-2;/h2-11H,1H3;3-5H,1H2,2H3;3H,1-2H3;/q-1;;;. The number of rotatable bonds is 2. The largest absolute Gasteiger partial charge is 0.165 e. The maximum atomic E-state index is 3.46. The quantitative estimate of drug-likeness (QED) is 0.261. The topological polar surface area (TPSA) is 0 Å². The summed E-state index contributed by atoms with van der Waals surface area (Å²) in [7, 11) is 0.750. The summed E-state index contributed by atoms with van der Waals surface area (Å²) in [5, 5.41) is 2.69. The predicted octanol–water partition coefficient (Wildman–Crippen LogP) is 6.80. The first-order chi connectivity index (χ1) is 11.7. The molecule has 0 amide bonds. The number of fused-ring (bicyclic) bond motifs is 1. The van der Waals surface area contributed by atoms with Gasteiger partial charge >= 0.3 is 0 Å². The van der Waals surface area contributed by atoms with Crippen LogP contribution in [0.1, 0.15) is 12.5 Å². The van der Waals surface area contributed by atoms with Gasteiger partial charge in [-0.1, -0.05) is 86.8 Å². The molecule has 3 aromatic carbocycles. The van der Waals surface area contributed by atoms with Crippen molar-refractivity contribution < 1.29 is 21.7 Å². The summed E-state index contributed by atoms with van der Waals surface area (Å²) >= 11 is 0. The molecule has 0 unspecified atom stereocenters. The second-order valence-corrected chi connectivity index (χ2v) is 6.70. The maximum Gasteiger partial charge on any atom is 0.0213 e. The molecule has 0 saturated carbocycles. The van der Waals surface area contributed by atoms with Gasteiger partial charge in [0.2, 0.25) is 0 Å². The van der Waals surface area contributed by atoms with Gasteiger partial charge in [0, 0.05) is 31.2 Å². The van der Waals surface area contributed by atoms with E-state index in [9.17, 15) is 0 Å². The molecule has 3 rings (SSSR count). The summed E-state index contributed by atoms with van der Waals surface area (Å²) in [6, 6.07) is 21.6. The number of hydrogen-bond acceptors (Lipinski definition) is 0. The molecule has 0 aliphatic heterocycles. The fourth-order valence-electron chi connectivity index (χ4n) is 2.39. The third-order valence-corrected chi connectivity index (χ3v) is 3.31. The Hall–Kier alpha value is -1.54. The second kappa shape index (κ2) is 13.7. The molecule has 0 N–H and O–H groups in total. The molecule has 2 heteroatoms. The van der Waals surface area contributed by atoms with E-state index in [4.69, 9.17) is 0 Å². The fourth-order valence-corrected chi connectivity index (χ4v) is 2.39. The number of allylic oxidation sites excluding steroid dienone is 3. The summed E-state index contributed by atoms with van der Waals surface area (Å²) in [4.78, 5) is 0. The van der Waals surface area contributed by atoms with Gasteiger partial charge in [-0.3, -0.25) is 0 Å². The third kappa shape index (κ3) is 7.92. The van der Waals surface area contributed by atoms with E-state index in [0.29, 0.717) is 0 Å². The van der Waals surface area contributed by atoms with Gasteiger partial charge in [0.05, 0.1) is 0 Å². The van der Waals surface area contributed by atoms with Crippen LogP contribution < -0.4 is 0 Å². The van der Waals surface area contributed by atoms with E-state index in [1.165, 1.54) is 27.5 Å². The molecular formula is C23H28SiTi-. The summed E-state index contributed by atoms with van der Waals surface area (Å²) in [6.45, 7) is 12.0. The van der Waals surface area contributed by atoms with Crippen molar-refractivity contribution in [2.45, 2.75) is 26.9 Å². The summed E-state index contributed by atoms with van der Waals surface area (Å²) < 4.78 is 0. The van der Waals surface area contributed by atoms with Gasteiger partial charge in [-0.25, -0.2) is 0 Å². The minimum atomic E-state index is 0. The van der Waals surface area contributed by atoms with Crippen LogP contribution in [0.15, 0.2) is 85.5 Å². The summed E-state index contributed by atoms with van der Waals surface area (Å²) in [5.74, 6) is 0. The molecule has 3 aromatic rings. The Morgan fingerprint density at radius 3 is 2.16 bits per heavy atom. The Morgan fingerprint density at radius 1 is 1.00 bits per heavy atom. The molecule has 0 heterocycles. The molecule has 0 spiro atoms. The Balaban J connectivity index is 0.000000550. The molecular weight excluding hydrogens is 352 g/mol. The van der Waals surface area contributed by atoms with Gasteiger partial charge in [0.25, 0.3) is 0 Å². The van der Waals surface area contributed by atoms with Crippen molar-refractivity contribution in [1.29, 1.82) is 0 Å². The van der Waals surface area contributed by atoms with Crippen molar-refractivity contribution in [3.63, 3.8) is 0 Å². The van der Waals surface area contributed by atoms with Crippen LogP contribution in [0.5, 0.6) is 0 Å². The Kier molecular flexibility index (Phi) is 12.9. The number of aryl methyl sites for hydroxylation is 1. The van der Waals surface area contributed by atoms with Crippen LogP contribution in [0.25, 0.3) is 21.9 Å². The van der Waals surface area contributed by atoms with Crippen LogP contribution >= 0.6 is 0 Å². The second-order valence-electron chi connectivity index (χ2n) is 5.55. The summed E-state index contributed by atoms with van der Waals surface area (Å²) in [6.07, 6.45) is 5.58. The van der Waals surface area contributed by atoms with Crippen molar-refractivity contribution in [2.75, 3.05) is 0 Å². The normalized spacial score (nSPS) is 9.44. The van der Waals surface area contributed by atoms with Crippen LogP contribution in [0.2, 0.25) is 13.1 Å². The zero-order valence-corrected chi connectivity index (χ0v) is 18.5. The molecule has 0 saturated heterocycles. The van der Waals surface area contributed by atoms with Gasteiger partial charge < -0.3 is 0 Å². The van der Waals surface area contributed by atoms with Gasteiger partial charge in [-0.2, -0.15) is 6.07 Å². The van der Waals surface area contributed by atoms with Crippen molar-refractivity contribution in [3.05, 3.63) is 91.0 Å².